The predicted molar refractivity (Wildman–Crippen MR) is 91.2 cm³/mol. The van der Waals surface area contributed by atoms with Gasteiger partial charge in [0.1, 0.15) is 25.6 Å². The Balaban J connectivity index is 1.49. The van der Waals surface area contributed by atoms with Crippen LogP contribution in [0.15, 0.2) is 42.7 Å². The standard InChI is InChI=1S/C18H21N3O3/c1-2-16(12-19-5-1)24-13-15-11-20-6-7-21(15)14-3-4-17-18(10-14)23-9-8-22-17/h1-5,10,12,15,20H,6-9,11,13H2. The fourth-order valence-electron chi connectivity index (χ4n) is 3.09. The van der Waals surface area contributed by atoms with Gasteiger partial charge in [-0.05, 0) is 24.3 Å². The number of nitrogens with zero attached hydrogens (tertiary/aromatic N) is 2. The topological polar surface area (TPSA) is 55.9 Å². The van der Waals surface area contributed by atoms with Crippen molar-refractivity contribution in [2.24, 2.45) is 0 Å². The van der Waals surface area contributed by atoms with Gasteiger partial charge in [0, 0.05) is 37.6 Å². The molecule has 0 spiro atoms. The highest BCUT2D eigenvalue weighted by Crippen LogP contribution is 2.34. The molecular weight excluding hydrogens is 306 g/mol. The minimum atomic E-state index is 0.251. The number of ether oxygens (including phenoxy) is 3. The summed E-state index contributed by atoms with van der Waals surface area (Å²) >= 11 is 0. The third-order valence-corrected chi connectivity index (χ3v) is 4.28. The van der Waals surface area contributed by atoms with E-state index in [0.29, 0.717) is 19.8 Å². The molecule has 1 saturated heterocycles. The van der Waals surface area contributed by atoms with Gasteiger partial charge < -0.3 is 24.4 Å². The van der Waals surface area contributed by atoms with Crippen LogP contribution in [0.4, 0.5) is 5.69 Å². The van der Waals surface area contributed by atoms with Gasteiger partial charge in [-0.15, -0.1) is 0 Å². The first-order chi connectivity index (χ1) is 11.9. The maximum Gasteiger partial charge on any atom is 0.163 e. The Kier molecular flexibility index (Phi) is 4.38. The van der Waals surface area contributed by atoms with Crippen LogP contribution >= 0.6 is 0 Å². The summed E-state index contributed by atoms with van der Waals surface area (Å²) in [5, 5.41) is 3.44. The Morgan fingerprint density at radius 1 is 1.21 bits per heavy atom. The second-order valence-corrected chi connectivity index (χ2v) is 5.88. The molecule has 0 radical (unpaired) electrons. The quantitative estimate of drug-likeness (QED) is 0.923. The van der Waals surface area contributed by atoms with E-state index >= 15 is 0 Å². The largest absolute Gasteiger partial charge is 0.490 e. The summed E-state index contributed by atoms with van der Waals surface area (Å²) in [6.07, 6.45) is 3.49. The maximum atomic E-state index is 5.91. The summed E-state index contributed by atoms with van der Waals surface area (Å²) < 4.78 is 17.2. The third kappa shape index (κ3) is 3.23. The van der Waals surface area contributed by atoms with Crippen LogP contribution in [0.3, 0.4) is 0 Å². The van der Waals surface area contributed by atoms with Crippen molar-refractivity contribution in [1.82, 2.24) is 10.3 Å². The lowest BCUT2D eigenvalue weighted by atomic mass is 10.1. The van der Waals surface area contributed by atoms with Gasteiger partial charge in [-0.25, -0.2) is 0 Å². The van der Waals surface area contributed by atoms with Crippen molar-refractivity contribution in [1.29, 1.82) is 0 Å². The number of hydrogen-bond acceptors (Lipinski definition) is 6. The molecule has 24 heavy (non-hydrogen) atoms. The molecule has 2 aromatic rings. The molecule has 1 N–H and O–H groups in total. The van der Waals surface area contributed by atoms with E-state index in [1.807, 2.05) is 18.2 Å². The van der Waals surface area contributed by atoms with E-state index < -0.39 is 0 Å². The molecule has 126 valence electrons. The first-order valence-electron chi connectivity index (χ1n) is 8.30. The zero-order valence-electron chi connectivity index (χ0n) is 13.5. The van der Waals surface area contributed by atoms with Crippen LogP contribution in [0.5, 0.6) is 17.2 Å². The molecule has 4 rings (SSSR count). The summed E-state index contributed by atoms with van der Waals surface area (Å²) in [6, 6.07) is 10.2. The SMILES string of the molecule is c1cncc(OCC2CNCCN2c2ccc3c(c2)OCCO3)c1. The van der Waals surface area contributed by atoms with Crippen molar-refractivity contribution in [2.45, 2.75) is 6.04 Å². The molecular formula is C18H21N3O3. The van der Waals surface area contributed by atoms with Crippen molar-refractivity contribution in [2.75, 3.05) is 44.4 Å². The van der Waals surface area contributed by atoms with Gasteiger partial charge in [-0.3, -0.25) is 4.98 Å². The molecule has 0 amide bonds. The van der Waals surface area contributed by atoms with Crippen molar-refractivity contribution in [3.8, 4) is 17.2 Å². The lowest BCUT2D eigenvalue weighted by molar-refractivity contribution is 0.171. The number of fused-ring (bicyclic) bond motifs is 1. The Labute approximate surface area is 141 Å². The molecule has 0 saturated carbocycles. The number of piperazine rings is 1. The fourth-order valence-corrected chi connectivity index (χ4v) is 3.09. The highest BCUT2D eigenvalue weighted by Gasteiger charge is 2.24. The van der Waals surface area contributed by atoms with Crippen LogP contribution in [0.25, 0.3) is 0 Å². The van der Waals surface area contributed by atoms with E-state index in [1.54, 1.807) is 12.4 Å². The molecule has 6 nitrogen and oxygen atoms in total. The lowest BCUT2D eigenvalue weighted by Crippen LogP contribution is -2.54. The number of benzene rings is 1. The fraction of sp³-hybridized carbons (Fsp3) is 0.389. The second-order valence-electron chi connectivity index (χ2n) is 5.88. The van der Waals surface area contributed by atoms with E-state index in [-0.39, 0.29) is 6.04 Å². The normalized spacial score (nSPS) is 19.8. The highest BCUT2D eigenvalue weighted by atomic mass is 16.6. The van der Waals surface area contributed by atoms with Gasteiger partial charge in [0.2, 0.25) is 0 Å². The highest BCUT2D eigenvalue weighted by molar-refractivity contribution is 5.57. The number of anilines is 1. The number of nitrogens with one attached hydrogen (secondary N) is 1. The molecule has 2 aliphatic rings. The Morgan fingerprint density at radius 3 is 3.00 bits per heavy atom. The van der Waals surface area contributed by atoms with Crippen molar-refractivity contribution < 1.29 is 14.2 Å². The summed E-state index contributed by atoms with van der Waals surface area (Å²) in [5.41, 5.74) is 1.14. The van der Waals surface area contributed by atoms with Gasteiger partial charge >= 0.3 is 0 Å². The lowest BCUT2D eigenvalue weighted by Gasteiger charge is -2.38. The van der Waals surface area contributed by atoms with Crippen LogP contribution in [-0.4, -0.2) is 50.5 Å². The van der Waals surface area contributed by atoms with Gasteiger partial charge in [0.05, 0.1) is 12.2 Å². The predicted octanol–water partition coefficient (Wildman–Crippen LogP) is 1.71. The van der Waals surface area contributed by atoms with Crippen molar-refractivity contribution in [3.05, 3.63) is 42.7 Å². The first-order valence-corrected chi connectivity index (χ1v) is 8.30. The van der Waals surface area contributed by atoms with E-state index in [4.69, 9.17) is 14.2 Å². The number of aromatic nitrogens is 1. The first kappa shape index (κ1) is 15.1. The van der Waals surface area contributed by atoms with Crippen LogP contribution in [0.2, 0.25) is 0 Å². The van der Waals surface area contributed by atoms with E-state index in [2.05, 4.69) is 27.3 Å². The monoisotopic (exact) mass is 327 g/mol. The van der Waals surface area contributed by atoms with E-state index in [0.717, 1.165) is 42.6 Å². The Morgan fingerprint density at radius 2 is 2.12 bits per heavy atom. The van der Waals surface area contributed by atoms with Crippen LogP contribution < -0.4 is 24.4 Å². The molecule has 1 atom stereocenters. The molecule has 0 aliphatic carbocycles. The van der Waals surface area contributed by atoms with Gasteiger partial charge in [0.15, 0.2) is 11.5 Å². The third-order valence-electron chi connectivity index (χ3n) is 4.28. The molecule has 1 aromatic carbocycles. The average molecular weight is 327 g/mol. The van der Waals surface area contributed by atoms with Crippen molar-refractivity contribution in [3.63, 3.8) is 0 Å². The smallest absolute Gasteiger partial charge is 0.163 e. The number of rotatable bonds is 4. The second kappa shape index (κ2) is 6.97. The summed E-state index contributed by atoms with van der Waals surface area (Å²) in [6.45, 7) is 4.59. The summed E-state index contributed by atoms with van der Waals surface area (Å²) in [4.78, 5) is 6.46. The molecule has 2 aliphatic heterocycles. The summed E-state index contributed by atoms with van der Waals surface area (Å²) in [5.74, 6) is 2.44. The number of hydrogen-bond donors (Lipinski definition) is 1. The molecule has 1 unspecified atom stereocenters. The molecule has 3 heterocycles. The van der Waals surface area contributed by atoms with Crippen LogP contribution in [0.1, 0.15) is 0 Å². The minimum absolute atomic E-state index is 0.251. The van der Waals surface area contributed by atoms with Crippen LogP contribution in [-0.2, 0) is 0 Å². The zero-order chi connectivity index (χ0) is 16.2. The molecule has 6 heteroatoms. The zero-order valence-corrected chi connectivity index (χ0v) is 13.5. The number of pyridine rings is 1. The Bertz CT molecular complexity index is 680. The van der Waals surface area contributed by atoms with E-state index in [9.17, 15) is 0 Å². The van der Waals surface area contributed by atoms with E-state index in [1.165, 1.54) is 0 Å². The minimum Gasteiger partial charge on any atom is -0.490 e. The van der Waals surface area contributed by atoms with Gasteiger partial charge in [-0.1, -0.05) is 0 Å². The summed E-state index contributed by atoms with van der Waals surface area (Å²) in [7, 11) is 0. The van der Waals surface area contributed by atoms with Crippen molar-refractivity contribution >= 4 is 5.69 Å². The maximum absolute atomic E-state index is 5.91. The van der Waals surface area contributed by atoms with Crippen LogP contribution in [0, 0.1) is 0 Å². The molecule has 1 aromatic heterocycles. The van der Waals surface area contributed by atoms with Gasteiger partial charge in [0.25, 0.3) is 0 Å². The average Bonchev–Trinajstić information content (AvgIpc) is 2.67. The van der Waals surface area contributed by atoms with Gasteiger partial charge in [-0.2, -0.15) is 0 Å². The Hall–Kier alpha value is -2.47. The molecule has 0 bridgehead atoms. The molecule has 1 fully saturated rings.